The minimum atomic E-state index is 1.18. The normalized spacial score (nSPS) is 12.4. The molecular weight excluding hydrogens is 530 g/mol. The molecule has 0 heterocycles. The fraction of sp³-hybridized carbons (Fsp3) is 0.721. The lowest BCUT2D eigenvalue weighted by atomic mass is 10.1. The second-order valence-corrected chi connectivity index (χ2v) is 13.6. The lowest BCUT2D eigenvalue weighted by Crippen LogP contribution is -2.49. The van der Waals surface area contributed by atoms with Crippen molar-refractivity contribution in [2.45, 2.75) is 181 Å². The molecule has 0 unspecified atom stereocenters. The average Bonchev–Trinajstić information content (AvgIpc) is 3.04. The maximum atomic E-state index is 2.49. The van der Waals surface area contributed by atoms with Gasteiger partial charge in [0.05, 0.1) is 19.6 Å². The van der Waals surface area contributed by atoms with E-state index in [-0.39, 0.29) is 0 Å². The first kappa shape index (κ1) is 40.4. The van der Waals surface area contributed by atoms with E-state index in [0.29, 0.717) is 0 Å². The molecule has 44 heavy (non-hydrogen) atoms. The van der Waals surface area contributed by atoms with Gasteiger partial charge in [-0.3, -0.25) is 0 Å². The molecule has 1 nitrogen and oxygen atoms in total. The highest BCUT2D eigenvalue weighted by atomic mass is 15.3. The molecule has 1 heteroatoms. The first-order chi connectivity index (χ1) is 21.8. The van der Waals surface area contributed by atoms with Gasteiger partial charge in [-0.25, -0.2) is 0 Å². The maximum Gasteiger partial charge on any atom is 0.104 e. The molecule has 0 fully saturated rings. The predicted octanol–water partition coefficient (Wildman–Crippen LogP) is 14.1. The topological polar surface area (TPSA) is 0 Å². The van der Waals surface area contributed by atoms with Gasteiger partial charge in [0.25, 0.3) is 0 Å². The van der Waals surface area contributed by atoms with Crippen LogP contribution in [0.4, 0.5) is 0 Å². The van der Waals surface area contributed by atoms with Crippen LogP contribution in [0.25, 0.3) is 0 Å². The summed E-state index contributed by atoms with van der Waals surface area (Å²) >= 11 is 0. The summed E-state index contributed by atoms with van der Waals surface area (Å²) < 4.78 is 1.25. The van der Waals surface area contributed by atoms with Crippen molar-refractivity contribution < 1.29 is 4.48 Å². The lowest BCUT2D eigenvalue weighted by Gasteiger charge is -2.39. The Bertz CT molecular complexity index is 714. The smallest absolute Gasteiger partial charge is 0.104 e. The van der Waals surface area contributed by atoms with Crippen LogP contribution in [0.2, 0.25) is 0 Å². The summed E-state index contributed by atoms with van der Waals surface area (Å²) in [6.07, 6.45) is 47.0. The van der Waals surface area contributed by atoms with Crippen molar-refractivity contribution in [2.24, 2.45) is 0 Å². The number of rotatable bonds is 32. The van der Waals surface area contributed by atoms with Crippen LogP contribution in [0.1, 0.15) is 180 Å². The zero-order chi connectivity index (χ0) is 31.7. The van der Waals surface area contributed by atoms with E-state index in [2.05, 4.69) is 87.6 Å². The molecule has 0 aliphatic rings. The van der Waals surface area contributed by atoms with E-state index in [9.17, 15) is 0 Å². The Hall–Kier alpha value is -1.60. The Labute approximate surface area is 277 Å². The molecule has 0 spiro atoms. The molecule has 1 rings (SSSR count). The predicted molar refractivity (Wildman–Crippen MR) is 200 cm³/mol. The molecule has 0 N–H and O–H groups in total. The van der Waals surface area contributed by atoms with E-state index in [1.54, 1.807) is 0 Å². The summed E-state index contributed by atoms with van der Waals surface area (Å²) in [5.74, 6) is 0. The van der Waals surface area contributed by atoms with E-state index >= 15 is 0 Å². The largest absolute Gasteiger partial charge is 0.320 e. The fourth-order valence-corrected chi connectivity index (χ4v) is 6.48. The van der Waals surface area contributed by atoms with Gasteiger partial charge in [-0.1, -0.05) is 165 Å². The molecular formula is C43H76N+. The Morgan fingerprint density at radius 2 is 0.705 bits per heavy atom. The highest BCUT2D eigenvalue weighted by Crippen LogP contribution is 2.21. The van der Waals surface area contributed by atoms with Gasteiger partial charge in [0, 0.05) is 24.8 Å². The molecule has 1 aromatic carbocycles. The molecule has 252 valence electrons. The summed E-state index contributed by atoms with van der Waals surface area (Å²) in [6, 6.07) is 11.4. The zero-order valence-electron chi connectivity index (χ0n) is 30.1. The third-order valence-electron chi connectivity index (χ3n) is 9.29. The Balaban J connectivity index is 2.70. The van der Waals surface area contributed by atoms with Gasteiger partial charge < -0.3 is 4.48 Å². The van der Waals surface area contributed by atoms with Crippen LogP contribution in [-0.2, 0) is 6.54 Å². The molecule has 0 radical (unpaired) electrons. The van der Waals surface area contributed by atoms with Gasteiger partial charge in [0.2, 0.25) is 0 Å². The van der Waals surface area contributed by atoms with E-state index < -0.39 is 0 Å². The first-order valence-corrected chi connectivity index (χ1v) is 19.6. The van der Waals surface area contributed by atoms with Crippen molar-refractivity contribution in [2.75, 3.05) is 19.6 Å². The third-order valence-corrected chi connectivity index (χ3v) is 9.29. The molecule has 0 saturated heterocycles. The van der Waals surface area contributed by atoms with Gasteiger partial charge in [0.15, 0.2) is 0 Å². The van der Waals surface area contributed by atoms with Crippen molar-refractivity contribution in [3.8, 4) is 0 Å². The number of benzene rings is 1. The lowest BCUT2D eigenvalue weighted by molar-refractivity contribution is -0.941. The number of quaternary nitrogens is 1. The van der Waals surface area contributed by atoms with Gasteiger partial charge in [-0.05, 0) is 57.8 Å². The number of hydrogen-bond donors (Lipinski definition) is 0. The molecule has 0 bridgehead atoms. The SMILES string of the molecule is CCCCCCC/C=C/CCC[N+](CCC/C=C/CCCCCCC)(CCC/C=C/CCCCCCC)Cc1ccccc1. The third kappa shape index (κ3) is 24.7. The zero-order valence-corrected chi connectivity index (χ0v) is 30.1. The maximum absolute atomic E-state index is 2.49. The van der Waals surface area contributed by atoms with E-state index in [4.69, 9.17) is 0 Å². The highest BCUT2D eigenvalue weighted by molar-refractivity contribution is 5.13. The van der Waals surface area contributed by atoms with Crippen molar-refractivity contribution in [3.63, 3.8) is 0 Å². The summed E-state index contributed by atoms with van der Waals surface area (Å²) in [5.41, 5.74) is 1.51. The van der Waals surface area contributed by atoms with Crippen molar-refractivity contribution in [3.05, 3.63) is 72.4 Å². The molecule has 0 amide bonds. The minimum Gasteiger partial charge on any atom is -0.320 e. The van der Waals surface area contributed by atoms with Crippen LogP contribution >= 0.6 is 0 Å². The van der Waals surface area contributed by atoms with Gasteiger partial charge >= 0.3 is 0 Å². The molecule has 0 aromatic heterocycles. The van der Waals surface area contributed by atoms with Crippen molar-refractivity contribution in [1.82, 2.24) is 0 Å². The molecule has 0 aliphatic heterocycles. The standard InChI is InChI=1S/C43H76N/c1-4-7-10-13-16-19-22-25-28-34-39-44(42-43-37-32-31-33-38-43,40-35-29-26-23-20-17-14-11-8-5-2)41-36-30-27-24-21-18-15-12-9-6-3/h22-27,31-33,37-38H,4-21,28-30,34-36,39-42H2,1-3H3/q+1/b25-22+,26-23+,27-24+. The second kappa shape index (κ2) is 31.4. The number of unbranched alkanes of at least 4 members (excludes halogenated alkanes) is 18. The minimum absolute atomic E-state index is 1.18. The molecule has 0 atom stereocenters. The number of hydrogen-bond acceptors (Lipinski definition) is 0. The van der Waals surface area contributed by atoms with Crippen molar-refractivity contribution >= 4 is 0 Å². The fourth-order valence-electron chi connectivity index (χ4n) is 6.48. The summed E-state index contributed by atoms with van der Waals surface area (Å²) in [6.45, 7) is 12.0. The summed E-state index contributed by atoms with van der Waals surface area (Å²) in [7, 11) is 0. The van der Waals surface area contributed by atoms with Crippen LogP contribution in [0.15, 0.2) is 66.8 Å². The van der Waals surface area contributed by atoms with Crippen LogP contribution < -0.4 is 0 Å². The van der Waals surface area contributed by atoms with Crippen LogP contribution in [0.3, 0.4) is 0 Å². The monoisotopic (exact) mass is 607 g/mol. The number of allylic oxidation sites excluding steroid dienone is 6. The average molecular weight is 607 g/mol. The highest BCUT2D eigenvalue weighted by Gasteiger charge is 2.26. The van der Waals surface area contributed by atoms with Gasteiger partial charge in [-0.15, -0.1) is 0 Å². The van der Waals surface area contributed by atoms with Crippen LogP contribution in [0.5, 0.6) is 0 Å². The summed E-state index contributed by atoms with van der Waals surface area (Å²) in [4.78, 5) is 0. The van der Waals surface area contributed by atoms with E-state index in [1.807, 2.05) is 0 Å². The molecule has 0 saturated carbocycles. The van der Waals surface area contributed by atoms with Crippen LogP contribution in [-0.4, -0.2) is 24.1 Å². The van der Waals surface area contributed by atoms with E-state index in [0.717, 1.165) is 0 Å². The van der Waals surface area contributed by atoms with Crippen LogP contribution in [0, 0.1) is 0 Å². The Morgan fingerprint density at radius 1 is 0.386 bits per heavy atom. The Morgan fingerprint density at radius 3 is 1.05 bits per heavy atom. The molecule has 0 aliphatic carbocycles. The van der Waals surface area contributed by atoms with Gasteiger partial charge in [-0.2, -0.15) is 0 Å². The Kier molecular flexibility index (Phi) is 28.8. The van der Waals surface area contributed by atoms with E-state index in [1.165, 1.54) is 190 Å². The van der Waals surface area contributed by atoms with Crippen molar-refractivity contribution in [1.29, 1.82) is 0 Å². The quantitative estimate of drug-likeness (QED) is 0.0435. The molecule has 1 aromatic rings. The van der Waals surface area contributed by atoms with Gasteiger partial charge in [0.1, 0.15) is 6.54 Å². The summed E-state index contributed by atoms with van der Waals surface area (Å²) in [5, 5.41) is 0. The number of nitrogens with zero attached hydrogens (tertiary/aromatic N) is 1. The first-order valence-electron chi connectivity index (χ1n) is 19.6. The second-order valence-electron chi connectivity index (χ2n) is 13.6.